The summed E-state index contributed by atoms with van der Waals surface area (Å²) in [6.07, 6.45) is -3.45. The van der Waals surface area contributed by atoms with Crippen LogP contribution in [0.2, 0.25) is 5.02 Å². The van der Waals surface area contributed by atoms with Gasteiger partial charge < -0.3 is 25.1 Å². The number of aromatic nitrogens is 3. The molecular formula is C22H22BrClN4O4. The Labute approximate surface area is 198 Å². The van der Waals surface area contributed by atoms with Gasteiger partial charge in [-0.05, 0) is 41.1 Å². The molecule has 0 radical (unpaired) electrons. The Morgan fingerprint density at radius 3 is 2.75 bits per heavy atom. The van der Waals surface area contributed by atoms with Crippen LogP contribution in [0.25, 0.3) is 5.69 Å². The summed E-state index contributed by atoms with van der Waals surface area (Å²) >= 11 is 9.73. The van der Waals surface area contributed by atoms with E-state index in [1.54, 1.807) is 23.7 Å². The average Bonchev–Trinajstić information content (AvgIpc) is 3.19. The van der Waals surface area contributed by atoms with E-state index in [0.717, 1.165) is 10.0 Å². The lowest BCUT2D eigenvalue weighted by Gasteiger charge is -2.46. The summed E-state index contributed by atoms with van der Waals surface area (Å²) in [4.78, 5) is 4.53. The van der Waals surface area contributed by atoms with Gasteiger partial charge in [0.25, 0.3) is 0 Å². The summed E-state index contributed by atoms with van der Waals surface area (Å²) in [5, 5.41) is 16.1. The van der Waals surface area contributed by atoms with Crippen molar-refractivity contribution in [2.24, 2.45) is 5.73 Å². The van der Waals surface area contributed by atoms with Gasteiger partial charge in [-0.2, -0.15) is 5.10 Å². The first-order valence-electron chi connectivity index (χ1n) is 10.2. The Bertz CT molecular complexity index is 1110. The molecule has 0 amide bonds. The first-order valence-corrected chi connectivity index (χ1v) is 11.4. The van der Waals surface area contributed by atoms with Crippen LogP contribution in [0.3, 0.4) is 0 Å². The molecular weight excluding hydrogens is 500 g/mol. The highest BCUT2D eigenvalue weighted by Gasteiger charge is 2.49. The SMILES string of the molecule is Cc1nc([C@@H]2OC3COC(c4ccccc4)O[C@@H]3[C@H](N)C2O)n(-c2cc(Cl)ccc2Br)n1. The topological polar surface area (TPSA) is 105 Å². The first-order chi connectivity index (χ1) is 15.4. The lowest BCUT2D eigenvalue weighted by atomic mass is 9.92. The van der Waals surface area contributed by atoms with Crippen molar-refractivity contribution < 1.29 is 19.3 Å². The van der Waals surface area contributed by atoms with Crippen LogP contribution in [0.1, 0.15) is 29.6 Å². The zero-order chi connectivity index (χ0) is 22.4. The lowest BCUT2D eigenvalue weighted by molar-refractivity contribution is -0.309. The molecule has 2 fully saturated rings. The van der Waals surface area contributed by atoms with Gasteiger partial charge in [0, 0.05) is 15.1 Å². The van der Waals surface area contributed by atoms with Crippen molar-refractivity contribution in [3.8, 4) is 5.69 Å². The Balaban J connectivity index is 1.44. The molecule has 1 aromatic heterocycles. The largest absolute Gasteiger partial charge is 0.388 e. The fraction of sp³-hybridized carbons (Fsp3) is 0.364. The van der Waals surface area contributed by atoms with Crippen molar-refractivity contribution in [2.75, 3.05) is 6.61 Å². The van der Waals surface area contributed by atoms with Crippen LogP contribution in [0.15, 0.2) is 53.0 Å². The number of nitrogens with zero attached hydrogens (tertiary/aromatic N) is 3. The molecule has 8 nitrogen and oxygen atoms in total. The van der Waals surface area contributed by atoms with Gasteiger partial charge in [0.1, 0.15) is 30.2 Å². The number of halogens is 2. The van der Waals surface area contributed by atoms with Crippen molar-refractivity contribution >= 4 is 27.5 Å². The van der Waals surface area contributed by atoms with Crippen molar-refractivity contribution in [3.63, 3.8) is 0 Å². The fourth-order valence-electron chi connectivity index (χ4n) is 4.11. The second-order valence-corrected chi connectivity index (χ2v) is 9.16. The molecule has 2 saturated heterocycles. The maximum Gasteiger partial charge on any atom is 0.184 e. The number of rotatable bonds is 3. The van der Waals surface area contributed by atoms with Gasteiger partial charge in [0.05, 0.1) is 18.3 Å². The highest BCUT2D eigenvalue weighted by atomic mass is 79.9. The minimum Gasteiger partial charge on any atom is -0.388 e. The highest BCUT2D eigenvalue weighted by Crippen LogP contribution is 2.39. The second-order valence-electron chi connectivity index (χ2n) is 7.86. The van der Waals surface area contributed by atoms with Gasteiger partial charge in [-0.15, -0.1) is 0 Å². The molecule has 0 spiro atoms. The molecule has 168 valence electrons. The first kappa shape index (κ1) is 22.0. The van der Waals surface area contributed by atoms with Crippen LogP contribution >= 0.6 is 27.5 Å². The van der Waals surface area contributed by atoms with E-state index in [1.165, 1.54) is 0 Å². The van der Waals surface area contributed by atoms with E-state index in [9.17, 15) is 5.11 Å². The Hall–Kier alpha value is -1.85. The van der Waals surface area contributed by atoms with Gasteiger partial charge in [0.2, 0.25) is 0 Å². The summed E-state index contributed by atoms with van der Waals surface area (Å²) in [7, 11) is 0. The maximum absolute atomic E-state index is 11.1. The van der Waals surface area contributed by atoms with Gasteiger partial charge in [0.15, 0.2) is 12.1 Å². The van der Waals surface area contributed by atoms with E-state index in [2.05, 4.69) is 26.0 Å². The van der Waals surface area contributed by atoms with Crippen molar-refractivity contribution in [1.29, 1.82) is 0 Å². The molecule has 0 aliphatic carbocycles. The molecule has 0 saturated carbocycles. The van der Waals surface area contributed by atoms with Crippen LogP contribution in [0, 0.1) is 6.92 Å². The van der Waals surface area contributed by atoms with Gasteiger partial charge in [-0.3, -0.25) is 0 Å². The van der Waals surface area contributed by atoms with Crippen LogP contribution in [-0.4, -0.2) is 50.8 Å². The number of nitrogens with two attached hydrogens (primary N) is 1. The van der Waals surface area contributed by atoms with E-state index < -0.39 is 36.7 Å². The zero-order valence-electron chi connectivity index (χ0n) is 17.1. The van der Waals surface area contributed by atoms with Crippen molar-refractivity contribution in [1.82, 2.24) is 14.8 Å². The highest BCUT2D eigenvalue weighted by molar-refractivity contribution is 9.10. The summed E-state index contributed by atoms with van der Waals surface area (Å²) in [6.45, 7) is 2.04. The van der Waals surface area contributed by atoms with Gasteiger partial charge in [-0.1, -0.05) is 41.9 Å². The third kappa shape index (κ3) is 3.99. The third-order valence-corrected chi connectivity index (χ3v) is 6.57. The van der Waals surface area contributed by atoms with E-state index in [-0.39, 0.29) is 6.61 Å². The number of fused-ring (bicyclic) bond motifs is 1. The minimum absolute atomic E-state index is 0.273. The van der Waals surface area contributed by atoms with Crippen LogP contribution in [-0.2, 0) is 14.2 Å². The normalized spacial score (nSPS) is 30.2. The van der Waals surface area contributed by atoms with Gasteiger partial charge >= 0.3 is 0 Å². The monoisotopic (exact) mass is 520 g/mol. The summed E-state index contributed by atoms with van der Waals surface area (Å²) in [6, 6.07) is 14.3. The summed E-state index contributed by atoms with van der Waals surface area (Å²) < 4.78 is 20.6. The van der Waals surface area contributed by atoms with Gasteiger partial charge in [-0.25, -0.2) is 9.67 Å². The predicted octanol–water partition coefficient (Wildman–Crippen LogP) is 3.23. The van der Waals surface area contributed by atoms with E-state index in [1.807, 2.05) is 36.4 Å². The molecule has 3 heterocycles. The lowest BCUT2D eigenvalue weighted by Crippen LogP contribution is -2.62. The molecule has 10 heteroatoms. The molecule has 0 bridgehead atoms. The third-order valence-electron chi connectivity index (χ3n) is 5.66. The predicted molar refractivity (Wildman–Crippen MR) is 120 cm³/mol. The minimum atomic E-state index is -1.06. The summed E-state index contributed by atoms with van der Waals surface area (Å²) in [5.74, 6) is 0.954. The number of aliphatic hydroxyl groups is 1. The van der Waals surface area contributed by atoms with Crippen molar-refractivity contribution in [3.05, 3.63) is 75.2 Å². The van der Waals surface area contributed by atoms with E-state index in [4.69, 9.17) is 31.5 Å². The molecule has 2 aliphatic rings. The molecule has 2 aliphatic heterocycles. The standard InChI is InChI=1S/C22H22BrClN4O4/c1-11-26-21(28(27-11)15-9-13(24)7-8-14(15)23)20-18(29)17(25)19-16(31-20)10-30-22(32-19)12-5-3-2-4-6-12/h2-9,16-20,22,29H,10,25H2,1H3/t16?,17-,18?,19+,20-,22?/m1/s1. The average molecular weight is 522 g/mol. The molecule has 3 unspecified atom stereocenters. The zero-order valence-corrected chi connectivity index (χ0v) is 19.5. The molecule has 6 atom stereocenters. The van der Waals surface area contributed by atoms with Crippen LogP contribution in [0.5, 0.6) is 0 Å². The number of benzene rings is 2. The molecule has 2 aromatic carbocycles. The maximum atomic E-state index is 11.1. The summed E-state index contributed by atoms with van der Waals surface area (Å²) in [5.41, 5.74) is 8.02. The number of aryl methyl sites for hydroxylation is 1. The molecule has 3 N–H and O–H groups in total. The van der Waals surface area contributed by atoms with E-state index >= 15 is 0 Å². The Morgan fingerprint density at radius 1 is 1.19 bits per heavy atom. The number of hydrogen-bond acceptors (Lipinski definition) is 7. The quantitative estimate of drug-likeness (QED) is 0.545. The number of ether oxygens (including phenoxy) is 3. The molecule has 32 heavy (non-hydrogen) atoms. The number of hydrogen-bond donors (Lipinski definition) is 2. The number of aliphatic hydroxyl groups excluding tert-OH is 1. The smallest absolute Gasteiger partial charge is 0.184 e. The molecule has 5 rings (SSSR count). The molecule has 3 aromatic rings. The second kappa shape index (κ2) is 8.83. The van der Waals surface area contributed by atoms with Crippen LogP contribution < -0.4 is 5.73 Å². The Kier molecular flexibility index (Phi) is 6.06. The van der Waals surface area contributed by atoms with E-state index in [0.29, 0.717) is 22.4 Å². The van der Waals surface area contributed by atoms with Crippen molar-refractivity contribution in [2.45, 2.75) is 43.7 Å². The Morgan fingerprint density at radius 2 is 1.97 bits per heavy atom. The van der Waals surface area contributed by atoms with Crippen LogP contribution in [0.4, 0.5) is 0 Å². The fourth-order valence-corrected chi connectivity index (χ4v) is 4.69.